The van der Waals surface area contributed by atoms with Gasteiger partial charge in [-0.1, -0.05) is 26.7 Å². The number of ether oxygens (including phenoxy) is 1. The van der Waals surface area contributed by atoms with E-state index in [4.69, 9.17) is 4.74 Å². The lowest BCUT2D eigenvalue weighted by molar-refractivity contribution is -0.146. The highest BCUT2D eigenvalue weighted by Crippen LogP contribution is 2.41. The number of carboxylic acids is 1. The maximum absolute atomic E-state index is 11.4. The first-order valence-electron chi connectivity index (χ1n) is 7.31. The summed E-state index contributed by atoms with van der Waals surface area (Å²) in [6, 6.07) is 0. The SMILES string of the molecule is CCCC1CCC(C(=O)O)C(C(C)CCOC)C1. The van der Waals surface area contributed by atoms with Gasteiger partial charge < -0.3 is 9.84 Å². The smallest absolute Gasteiger partial charge is 0.306 e. The third kappa shape index (κ3) is 4.27. The maximum atomic E-state index is 11.4. The highest BCUT2D eigenvalue weighted by atomic mass is 16.5. The van der Waals surface area contributed by atoms with Gasteiger partial charge in [0.05, 0.1) is 5.92 Å². The van der Waals surface area contributed by atoms with Gasteiger partial charge in [-0.2, -0.15) is 0 Å². The molecule has 1 aliphatic rings. The number of methoxy groups -OCH3 is 1. The van der Waals surface area contributed by atoms with Crippen LogP contribution < -0.4 is 0 Å². The van der Waals surface area contributed by atoms with Crippen LogP contribution in [0.5, 0.6) is 0 Å². The lowest BCUT2D eigenvalue weighted by Crippen LogP contribution is -2.35. The molecule has 4 unspecified atom stereocenters. The van der Waals surface area contributed by atoms with Gasteiger partial charge in [0.25, 0.3) is 0 Å². The molecule has 1 N–H and O–H groups in total. The highest BCUT2D eigenvalue weighted by Gasteiger charge is 2.37. The summed E-state index contributed by atoms with van der Waals surface area (Å²) in [5, 5.41) is 9.37. The first-order chi connectivity index (χ1) is 8.60. The number of hydrogen-bond acceptors (Lipinski definition) is 2. The quantitative estimate of drug-likeness (QED) is 0.757. The minimum atomic E-state index is -0.598. The summed E-state index contributed by atoms with van der Waals surface area (Å²) < 4.78 is 5.13. The summed E-state index contributed by atoms with van der Waals surface area (Å²) in [5.41, 5.74) is 0. The molecular weight excluding hydrogens is 228 g/mol. The number of hydrogen-bond donors (Lipinski definition) is 1. The standard InChI is InChI=1S/C15H28O3/c1-4-5-12-6-7-13(15(16)17)14(10-12)11(2)8-9-18-3/h11-14H,4-10H2,1-3H3,(H,16,17). The van der Waals surface area contributed by atoms with Crippen molar-refractivity contribution in [2.24, 2.45) is 23.7 Å². The van der Waals surface area contributed by atoms with E-state index in [1.807, 2.05) is 0 Å². The van der Waals surface area contributed by atoms with Crippen LogP contribution in [0.1, 0.15) is 52.4 Å². The predicted molar refractivity (Wildman–Crippen MR) is 72.5 cm³/mol. The predicted octanol–water partition coefficient (Wildman–Crippen LogP) is 3.58. The summed E-state index contributed by atoms with van der Waals surface area (Å²) in [6.07, 6.45) is 6.49. The topological polar surface area (TPSA) is 46.5 Å². The first kappa shape index (κ1) is 15.5. The van der Waals surface area contributed by atoms with Crippen LogP contribution >= 0.6 is 0 Å². The number of carbonyl (C=O) groups is 1. The van der Waals surface area contributed by atoms with E-state index in [9.17, 15) is 9.90 Å². The molecule has 0 aromatic carbocycles. The van der Waals surface area contributed by atoms with Crippen LogP contribution in [0.4, 0.5) is 0 Å². The molecule has 0 amide bonds. The van der Waals surface area contributed by atoms with Gasteiger partial charge in [-0.15, -0.1) is 0 Å². The molecule has 106 valence electrons. The summed E-state index contributed by atoms with van der Waals surface area (Å²) in [5.74, 6) is 0.790. The van der Waals surface area contributed by atoms with E-state index in [0.29, 0.717) is 11.8 Å². The van der Waals surface area contributed by atoms with Gasteiger partial charge >= 0.3 is 5.97 Å². The van der Waals surface area contributed by atoms with Gasteiger partial charge in [-0.25, -0.2) is 0 Å². The van der Waals surface area contributed by atoms with Crippen molar-refractivity contribution in [2.75, 3.05) is 13.7 Å². The first-order valence-corrected chi connectivity index (χ1v) is 7.31. The van der Waals surface area contributed by atoms with Crippen LogP contribution in [0, 0.1) is 23.7 Å². The second kappa shape index (κ2) is 7.78. The van der Waals surface area contributed by atoms with E-state index in [1.165, 1.54) is 12.8 Å². The van der Waals surface area contributed by atoms with Crippen molar-refractivity contribution < 1.29 is 14.6 Å². The second-order valence-electron chi connectivity index (χ2n) is 5.84. The Labute approximate surface area is 111 Å². The van der Waals surface area contributed by atoms with Crippen molar-refractivity contribution in [1.29, 1.82) is 0 Å². The minimum Gasteiger partial charge on any atom is -0.481 e. The molecule has 0 aromatic heterocycles. The number of aliphatic carboxylic acids is 1. The molecule has 0 saturated heterocycles. The normalized spacial score (nSPS) is 30.1. The monoisotopic (exact) mass is 256 g/mol. The molecule has 18 heavy (non-hydrogen) atoms. The molecule has 0 aliphatic heterocycles. The van der Waals surface area contributed by atoms with E-state index in [0.717, 1.165) is 38.2 Å². The van der Waals surface area contributed by atoms with Crippen molar-refractivity contribution in [2.45, 2.75) is 52.4 Å². The molecular formula is C15H28O3. The Morgan fingerprint density at radius 1 is 1.44 bits per heavy atom. The third-order valence-corrected chi connectivity index (χ3v) is 4.53. The van der Waals surface area contributed by atoms with Crippen molar-refractivity contribution in [3.05, 3.63) is 0 Å². The van der Waals surface area contributed by atoms with E-state index in [1.54, 1.807) is 7.11 Å². The zero-order chi connectivity index (χ0) is 13.5. The highest BCUT2D eigenvalue weighted by molar-refractivity contribution is 5.70. The third-order valence-electron chi connectivity index (χ3n) is 4.53. The molecule has 0 bridgehead atoms. The van der Waals surface area contributed by atoms with E-state index < -0.39 is 5.97 Å². The van der Waals surface area contributed by atoms with Crippen LogP contribution in [0.2, 0.25) is 0 Å². The molecule has 0 aromatic rings. The van der Waals surface area contributed by atoms with Crippen LogP contribution in [0.25, 0.3) is 0 Å². The average Bonchev–Trinajstić information content (AvgIpc) is 2.36. The van der Waals surface area contributed by atoms with Crippen LogP contribution in [0.3, 0.4) is 0 Å². The molecule has 3 nitrogen and oxygen atoms in total. The Balaban J connectivity index is 2.62. The van der Waals surface area contributed by atoms with Gasteiger partial charge in [-0.3, -0.25) is 4.79 Å². The van der Waals surface area contributed by atoms with Crippen molar-refractivity contribution >= 4 is 5.97 Å². The van der Waals surface area contributed by atoms with E-state index in [2.05, 4.69) is 13.8 Å². The lowest BCUT2D eigenvalue weighted by Gasteiger charge is -2.37. The van der Waals surface area contributed by atoms with E-state index in [-0.39, 0.29) is 5.92 Å². The molecule has 0 spiro atoms. The molecule has 1 aliphatic carbocycles. The Morgan fingerprint density at radius 2 is 2.17 bits per heavy atom. The Hall–Kier alpha value is -0.570. The minimum absolute atomic E-state index is 0.134. The molecule has 0 radical (unpaired) electrons. The second-order valence-corrected chi connectivity index (χ2v) is 5.84. The number of rotatable bonds is 7. The fourth-order valence-electron chi connectivity index (χ4n) is 3.42. The number of carboxylic acid groups (broad SMARTS) is 1. The summed E-state index contributed by atoms with van der Waals surface area (Å²) >= 11 is 0. The van der Waals surface area contributed by atoms with Gasteiger partial charge in [0.1, 0.15) is 0 Å². The van der Waals surface area contributed by atoms with E-state index >= 15 is 0 Å². The fraction of sp³-hybridized carbons (Fsp3) is 0.933. The van der Waals surface area contributed by atoms with Gasteiger partial charge in [0.2, 0.25) is 0 Å². The Morgan fingerprint density at radius 3 is 2.72 bits per heavy atom. The van der Waals surface area contributed by atoms with Crippen molar-refractivity contribution in [1.82, 2.24) is 0 Å². The lowest BCUT2D eigenvalue weighted by atomic mass is 9.67. The molecule has 4 atom stereocenters. The van der Waals surface area contributed by atoms with Crippen LogP contribution in [-0.2, 0) is 9.53 Å². The maximum Gasteiger partial charge on any atom is 0.306 e. The van der Waals surface area contributed by atoms with Gasteiger partial charge in [0, 0.05) is 13.7 Å². The molecule has 0 heterocycles. The zero-order valence-corrected chi connectivity index (χ0v) is 12.0. The molecule has 1 rings (SSSR count). The molecule has 1 fully saturated rings. The molecule has 3 heteroatoms. The fourth-order valence-corrected chi connectivity index (χ4v) is 3.42. The van der Waals surface area contributed by atoms with Crippen LogP contribution in [0.15, 0.2) is 0 Å². The summed E-state index contributed by atoms with van der Waals surface area (Å²) in [6.45, 7) is 5.14. The summed E-state index contributed by atoms with van der Waals surface area (Å²) in [4.78, 5) is 11.4. The van der Waals surface area contributed by atoms with Crippen LogP contribution in [-0.4, -0.2) is 24.8 Å². The van der Waals surface area contributed by atoms with Gasteiger partial charge in [0.15, 0.2) is 0 Å². The Kier molecular flexibility index (Phi) is 6.69. The Bertz CT molecular complexity index is 252. The van der Waals surface area contributed by atoms with Crippen molar-refractivity contribution in [3.63, 3.8) is 0 Å². The molecule has 1 saturated carbocycles. The van der Waals surface area contributed by atoms with Crippen molar-refractivity contribution in [3.8, 4) is 0 Å². The van der Waals surface area contributed by atoms with Gasteiger partial charge in [-0.05, 0) is 43.4 Å². The summed E-state index contributed by atoms with van der Waals surface area (Å²) in [7, 11) is 1.71. The zero-order valence-electron chi connectivity index (χ0n) is 12.0. The largest absolute Gasteiger partial charge is 0.481 e. The average molecular weight is 256 g/mol.